The SMILES string of the molecule is COc1cc(C(=O)N(C)Cc2cccc(Cl)c2Cl)cc(OC)c1OCC(N)=O. The monoisotopic (exact) mass is 426 g/mol. The molecular weight excluding hydrogens is 407 g/mol. The van der Waals surface area contributed by atoms with Gasteiger partial charge >= 0.3 is 0 Å². The fraction of sp³-hybridized carbons (Fsp3) is 0.263. The molecule has 0 bridgehead atoms. The van der Waals surface area contributed by atoms with Crippen molar-refractivity contribution in [2.24, 2.45) is 5.73 Å². The number of nitrogens with zero attached hydrogens (tertiary/aromatic N) is 1. The molecule has 150 valence electrons. The van der Waals surface area contributed by atoms with Crippen LogP contribution in [0.15, 0.2) is 30.3 Å². The summed E-state index contributed by atoms with van der Waals surface area (Å²) >= 11 is 12.2. The summed E-state index contributed by atoms with van der Waals surface area (Å²) in [7, 11) is 4.46. The summed E-state index contributed by atoms with van der Waals surface area (Å²) in [5.41, 5.74) is 6.13. The lowest BCUT2D eigenvalue weighted by Gasteiger charge is -2.20. The second-order valence-electron chi connectivity index (χ2n) is 5.84. The maximum Gasteiger partial charge on any atom is 0.255 e. The van der Waals surface area contributed by atoms with Crippen LogP contribution < -0.4 is 19.9 Å². The first-order chi connectivity index (χ1) is 13.3. The average Bonchev–Trinajstić information content (AvgIpc) is 2.68. The molecule has 0 unspecified atom stereocenters. The summed E-state index contributed by atoms with van der Waals surface area (Å²) < 4.78 is 15.9. The Hall–Kier alpha value is -2.64. The second kappa shape index (κ2) is 9.52. The van der Waals surface area contributed by atoms with Gasteiger partial charge in [-0.2, -0.15) is 0 Å². The molecule has 0 atom stereocenters. The quantitative estimate of drug-likeness (QED) is 0.699. The molecule has 9 heteroatoms. The zero-order chi connectivity index (χ0) is 20.8. The Balaban J connectivity index is 2.31. The number of nitrogens with two attached hydrogens (primary N) is 1. The van der Waals surface area contributed by atoms with Crippen LogP contribution in [0.2, 0.25) is 10.0 Å². The molecule has 0 heterocycles. The summed E-state index contributed by atoms with van der Waals surface area (Å²) in [5, 5.41) is 0.813. The molecule has 0 aliphatic carbocycles. The highest BCUT2D eigenvalue weighted by Gasteiger charge is 2.21. The van der Waals surface area contributed by atoms with E-state index >= 15 is 0 Å². The van der Waals surface area contributed by atoms with Gasteiger partial charge in [0, 0.05) is 19.2 Å². The van der Waals surface area contributed by atoms with Gasteiger partial charge in [0.05, 0.1) is 24.3 Å². The summed E-state index contributed by atoms with van der Waals surface area (Å²) in [4.78, 5) is 25.4. The van der Waals surface area contributed by atoms with Gasteiger partial charge in [-0.3, -0.25) is 9.59 Å². The van der Waals surface area contributed by atoms with Crippen LogP contribution in [-0.2, 0) is 11.3 Å². The summed E-state index contributed by atoms with van der Waals surface area (Å²) in [6.07, 6.45) is 0. The predicted octanol–water partition coefficient (Wildman–Crippen LogP) is 3.15. The molecule has 2 N–H and O–H groups in total. The molecule has 2 amide bonds. The van der Waals surface area contributed by atoms with Crippen molar-refractivity contribution in [1.82, 2.24) is 4.90 Å². The van der Waals surface area contributed by atoms with Gasteiger partial charge in [0.1, 0.15) is 0 Å². The number of amides is 2. The first kappa shape index (κ1) is 21.7. The third kappa shape index (κ3) is 4.99. The minimum Gasteiger partial charge on any atom is -0.493 e. The number of carbonyl (C=O) groups excluding carboxylic acids is 2. The van der Waals surface area contributed by atoms with E-state index in [1.807, 2.05) is 0 Å². The van der Waals surface area contributed by atoms with Gasteiger partial charge < -0.3 is 24.8 Å². The van der Waals surface area contributed by atoms with Crippen molar-refractivity contribution in [2.45, 2.75) is 6.54 Å². The molecule has 0 saturated carbocycles. The number of methoxy groups -OCH3 is 2. The highest BCUT2D eigenvalue weighted by atomic mass is 35.5. The molecule has 7 nitrogen and oxygen atoms in total. The Morgan fingerprint density at radius 1 is 1.11 bits per heavy atom. The van der Waals surface area contributed by atoms with E-state index in [1.165, 1.54) is 31.3 Å². The van der Waals surface area contributed by atoms with Crippen molar-refractivity contribution in [3.8, 4) is 17.2 Å². The average molecular weight is 427 g/mol. The van der Waals surface area contributed by atoms with E-state index in [2.05, 4.69) is 0 Å². The van der Waals surface area contributed by atoms with Crippen LogP contribution in [0, 0.1) is 0 Å². The Morgan fingerprint density at radius 3 is 2.25 bits per heavy atom. The summed E-state index contributed by atoms with van der Waals surface area (Å²) in [6.45, 7) is -0.101. The van der Waals surface area contributed by atoms with Crippen LogP contribution in [0.4, 0.5) is 0 Å². The fourth-order valence-electron chi connectivity index (χ4n) is 2.51. The first-order valence-corrected chi connectivity index (χ1v) is 8.89. The van der Waals surface area contributed by atoms with Crippen molar-refractivity contribution in [1.29, 1.82) is 0 Å². The molecular formula is C19H20Cl2N2O5. The molecule has 0 aliphatic heterocycles. The highest BCUT2D eigenvalue weighted by molar-refractivity contribution is 6.42. The highest BCUT2D eigenvalue weighted by Crippen LogP contribution is 2.39. The van der Waals surface area contributed by atoms with E-state index in [9.17, 15) is 9.59 Å². The van der Waals surface area contributed by atoms with Gasteiger partial charge in [0.15, 0.2) is 18.1 Å². The lowest BCUT2D eigenvalue weighted by molar-refractivity contribution is -0.120. The topological polar surface area (TPSA) is 91.1 Å². The lowest BCUT2D eigenvalue weighted by Crippen LogP contribution is -2.26. The molecule has 0 fully saturated rings. The molecule has 28 heavy (non-hydrogen) atoms. The minimum absolute atomic E-state index is 0.181. The molecule has 0 spiro atoms. The van der Waals surface area contributed by atoms with Gasteiger partial charge in [-0.25, -0.2) is 0 Å². The Morgan fingerprint density at radius 2 is 1.71 bits per heavy atom. The van der Waals surface area contributed by atoms with E-state index in [0.717, 1.165) is 0 Å². The largest absolute Gasteiger partial charge is 0.493 e. The van der Waals surface area contributed by atoms with Crippen molar-refractivity contribution in [3.05, 3.63) is 51.5 Å². The maximum atomic E-state index is 12.9. The zero-order valence-corrected chi connectivity index (χ0v) is 17.1. The van der Waals surface area contributed by atoms with Crippen LogP contribution in [0.5, 0.6) is 17.2 Å². The van der Waals surface area contributed by atoms with Gasteiger partial charge in [-0.05, 0) is 23.8 Å². The number of halogens is 2. The van der Waals surface area contributed by atoms with E-state index < -0.39 is 5.91 Å². The van der Waals surface area contributed by atoms with Crippen molar-refractivity contribution >= 4 is 35.0 Å². The van der Waals surface area contributed by atoms with Crippen molar-refractivity contribution in [3.63, 3.8) is 0 Å². The van der Waals surface area contributed by atoms with Gasteiger partial charge in [-0.15, -0.1) is 0 Å². The zero-order valence-electron chi connectivity index (χ0n) is 15.6. The van der Waals surface area contributed by atoms with Crippen LogP contribution in [-0.4, -0.2) is 44.6 Å². The summed E-state index contributed by atoms with van der Waals surface area (Å²) in [6, 6.07) is 8.23. The van der Waals surface area contributed by atoms with Gasteiger partial charge in [0.25, 0.3) is 11.8 Å². The minimum atomic E-state index is -0.651. The smallest absolute Gasteiger partial charge is 0.255 e. The van der Waals surface area contributed by atoms with Gasteiger partial charge in [0.2, 0.25) is 5.75 Å². The molecule has 0 aliphatic rings. The van der Waals surface area contributed by atoms with Crippen molar-refractivity contribution in [2.75, 3.05) is 27.9 Å². The number of rotatable bonds is 8. The van der Waals surface area contributed by atoms with E-state index in [4.69, 9.17) is 43.1 Å². The number of primary amides is 1. The van der Waals surface area contributed by atoms with E-state index in [0.29, 0.717) is 21.2 Å². The maximum absolute atomic E-state index is 12.9. The van der Waals surface area contributed by atoms with Crippen LogP contribution >= 0.6 is 23.2 Å². The summed E-state index contributed by atoms with van der Waals surface area (Å²) in [5.74, 6) is -0.298. The number of benzene rings is 2. The van der Waals surface area contributed by atoms with E-state index in [-0.39, 0.29) is 36.3 Å². The second-order valence-corrected chi connectivity index (χ2v) is 6.62. The normalized spacial score (nSPS) is 10.3. The Labute approximate surface area is 172 Å². The molecule has 0 saturated heterocycles. The number of hydrogen-bond donors (Lipinski definition) is 1. The molecule has 0 aromatic heterocycles. The van der Waals surface area contributed by atoms with Crippen LogP contribution in [0.3, 0.4) is 0 Å². The third-order valence-corrected chi connectivity index (χ3v) is 4.71. The predicted molar refractivity (Wildman–Crippen MR) is 106 cm³/mol. The van der Waals surface area contributed by atoms with Crippen LogP contribution in [0.25, 0.3) is 0 Å². The number of carbonyl (C=O) groups is 2. The van der Waals surface area contributed by atoms with E-state index in [1.54, 1.807) is 25.2 Å². The van der Waals surface area contributed by atoms with Crippen molar-refractivity contribution < 1.29 is 23.8 Å². The Bertz CT molecular complexity index is 864. The van der Waals surface area contributed by atoms with Gasteiger partial charge in [-0.1, -0.05) is 35.3 Å². The third-order valence-electron chi connectivity index (χ3n) is 3.85. The number of ether oxygens (including phenoxy) is 3. The number of hydrogen-bond acceptors (Lipinski definition) is 5. The first-order valence-electron chi connectivity index (χ1n) is 8.14. The standard InChI is InChI=1S/C19H20Cl2N2O5/c1-23(9-11-5-4-6-13(20)17(11)21)19(25)12-7-14(26-2)18(15(8-12)27-3)28-10-16(22)24/h4-8H,9-10H2,1-3H3,(H2,22,24). The van der Waals surface area contributed by atoms with Crippen LogP contribution in [0.1, 0.15) is 15.9 Å². The molecule has 2 rings (SSSR count). The Kier molecular flexibility index (Phi) is 7.37. The molecule has 2 aromatic rings. The molecule has 2 aromatic carbocycles. The fourth-order valence-corrected chi connectivity index (χ4v) is 2.89. The lowest BCUT2D eigenvalue weighted by atomic mass is 10.1. The molecule has 0 radical (unpaired) electrons.